The highest BCUT2D eigenvalue weighted by atomic mass is 16.5. The number of carbonyl (C=O) groups excluding carboxylic acids is 1. The van der Waals surface area contributed by atoms with Gasteiger partial charge in [0.2, 0.25) is 5.91 Å². The van der Waals surface area contributed by atoms with Crippen LogP contribution in [0.25, 0.3) is 0 Å². The molecule has 0 radical (unpaired) electrons. The SMILES string of the molecule is CCOc1cc2c(cc1CNC(=O)C(C)CN)OC(C)C2. The molecular formula is C16H24N2O3. The van der Waals surface area contributed by atoms with Crippen molar-refractivity contribution in [2.75, 3.05) is 13.2 Å². The molecule has 116 valence electrons. The van der Waals surface area contributed by atoms with E-state index < -0.39 is 0 Å². The molecule has 21 heavy (non-hydrogen) atoms. The first-order valence-electron chi connectivity index (χ1n) is 7.48. The fourth-order valence-electron chi connectivity index (χ4n) is 2.37. The normalized spacial score (nSPS) is 17.8. The molecule has 5 nitrogen and oxygen atoms in total. The van der Waals surface area contributed by atoms with Gasteiger partial charge in [0, 0.05) is 36.6 Å². The van der Waals surface area contributed by atoms with Crippen LogP contribution in [-0.4, -0.2) is 25.2 Å². The van der Waals surface area contributed by atoms with Crippen LogP contribution >= 0.6 is 0 Å². The Hall–Kier alpha value is -1.75. The molecule has 1 heterocycles. The zero-order valence-electron chi connectivity index (χ0n) is 12.9. The molecule has 0 aliphatic carbocycles. The van der Waals surface area contributed by atoms with E-state index in [1.165, 1.54) is 0 Å². The molecule has 0 fully saturated rings. The molecule has 0 saturated heterocycles. The van der Waals surface area contributed by atoms with Gasteiger partial charge in [-0.2, -0.15) is 0 Å². The van der Waals surface area contributed by atoms with Gasteiger partial charge in [0.25, 0.3) is 0 Å². The van der Waals surface area contributed by atoms with Crippen molar-refractivity contribution in [1.82, 2.24) is 5.32 Å². The van der Waals surface area contributed by atoms with Crippen molar-refractivity contribution < 1.29 is 14.3 Å². The Morgan fingerprint density at radius 1 is 1.57 bits per heavy atom. The largest absolute Gasteiger partial charge is 0.494 e. The van der Waals surface area contributed by atoms with Gasteiger partial charge in [0.1, 0.15) is 17.6 Å². The molecule has 3 N–H and O–H groups in total. The molecule has 1 aliphatic rings. The number of ether oxygens (including phenoxy) is 2. The van der Waals surface area contributed by atoms with E-state index >= 15 is 0 Å². The van der Waals surface area contributed by atoms with Gasteiger partial charge < -0.3 is 20.5 Å². The summed E-state index contributed by atoms with van der Waals surface area (Å²) in [5, 5.41) is 2.90. The maximum Gasteiger partial charge on any atom is 0.224 e. The lowest BCUT2D eigenvalue weighted by molar-refractivity contribution is -0.124. The highest BCUT2D eigenvalue weighted by Crippen LogP contribution is 2.35. The van der Waals surface area contributed by atoms with Crippen LogP contribution in [0.3, 0.4) is 0 Å². The highest BCUT2D eigenvalue weighted by molar-refractivity contribution is 5.78. The topological polar surface area (TPSA) is 73.6 Å². The first-order chi connectivity index (χ1) is 10.0. The molecule has 2 atom stereocenters. The minimum absolute atomic E-state index is 0.0465. The Balaban J connectivity index is 2.14. The zero-order valence-corrected chi connectivity index (χ0v) is 12.9. The Bertz CT molecular complexity index is 516. The molecule has 2 rings (SSSR count). The van der Waals surface area contributed by atoms with Crippen LogP contribution in [0.5, 0.6) is 11.5 Å². The predicted octanol–water partition coefficient (Wildman–Crippen LogP) is 1.62. The predicted molar refractivity (Wildman–Crippen MR) is 81.5 cm³/mol. The lowest BCUT2D eigenvalue weighted by Gasteiger charge is -2.14. The minimum atomic E-state index is -0.189. The molecule has 1 aromatic carbocycles. The van der Waals surface area contributed by atoms with Crippen LogP contribution in [-0.2, 0) is 17.8 Å². The third-order valence-corrected chi connectivity index (χ3v) is 3.63. The van der Waals surface area contributed by atoms with Gasteiger partial charge in [-0.15, -0.1) is 0 Å². The fraction of sp³-hybridized carbons (Fsp3) is 0.562. The van der Waals surface area contributed by atoms with Gasteiger partial charge in [-0.25, -0.2) is 0 Å². The third-order valence-electron chi connectivity index (χ3n) is 3.63. The van der Waals surface area contributed by atoms with Crippen LogP contribution in [0.4, 0.5) is 0 Å². The van der Waals surface area contributed by atoms with E-state index in [-0.39, 0.29) is 17.9 Å². The van der Waals surface area contributed by atoms with Gasteiger partial charge in [0.05, 0.1) is 6.61 Å². The summed E-state index contributed by atoms with van der Waals surface area (Å²) in [7, 11) is 0. The summed E-state index contributed by atoms with van der Waals surface area (Å²) in [5.74, 6) is 1.47. The molecule has 1 amide bonds. The second-order valence-electron chi connectivity index (χ2n) is 5.49. The van der Waals surface area contributed by atoms with Crippen LogP contribution in [0.1, 0.15) is 31.9 Å². The van der Waals surface area contributed by atoms with E-state index in [9.17, 15) is 4.79 Å². The number of carbonyl (C=O) groups is 1. The number of fused-ring (bicyclic) bond motifs is 1. The Kier molecular flexibility index (Phi) is 5.07. The van der Waals surface area contributed by atoms with Gasteiger partial charge in [0.15, 0.2) is 0 Å². The minimum Gasteiger partial charge on any atom is -0.494 e. The lowest BCUT2D eigenvalue weighted by atomic mass is 10.1. The van der Waals surface area contributed by atoms with E-state index in [1.807, 2.05) is 32.9 Å². The number of rotatable bonds is 6. The molecule has 0 spiro atoms. The number of amides is 1. The Morgan fingerprint density at radius 3 is 3.00 bits per heavy atom. The smallest absolute Gasteiger partial charge is 0.224 e. The Morgan fingerprint density at radius 2 is 2.33 bits per heavy atom. The molecule has 1 aromatic rings. The Labute approximate surface area is 125 Å². The second-order valence-corrected chi connectivity index (χ2v) is 5.49. The van der Waals surface area contributed by atoms with Gasteiger partial charge in [-0.1, -0.05) is 6.92 Å². The number of hydrogen-bond donors (Lipinski definition) is 2. The standard InChI is InChI=1S/C16H24N2O3/c1-4-20-14-6-12-5-11(3)21-15(12)7-13(14)9-18-16(19)10(2)8-17/h6-7,10-11H,4-5,8-9,17H2,1-3H3,(H,18,19). The molecule has 0 bridgehead atoms. The fourth-order valence-corrected chi connectivity index (χ4v) is 2.37. The molecule has 2 unspecified atom stereocenters. The van der Waals surface area contributed by atoms with Gasteiger partial charge in [-0.3, -0.25) is 4.79 Å². The summed E-state index contributed by atoms with van der Waals surface area (Å²) in [4.78, 5) is 11.8. The maximum absolute atomic E-state index is 11.8. The lowest BCUT2D eigenvalue weighted by Crippen LogP contribution is -2.32. The molecule has 0 aromatic heterocycles. The highest BCUT2D eigenvalue weighted by Gasteiger charge is 2.22. The summed E-state index contributed by atoms with van der Waals surface area (Å²) >= 11 is 0. The van der Waals surface area contributed by atoms with Crippen LogP contribution in [0, 0.1) is 5.92 Å². The van der Waals surface area contributed by atoms with E-state index in [0.29, 0.717) is 19.7 Å². The van der Waals surface area contributed by atoms with Crippen molar-refractivity contribution in [3.8, 4) is 11.5 Å². The van der Waals surface area contributed by atoms with E-state index in [1.54, 1.807) is 0 Å². The van der Waals surface area contributed by atoms with E-state index in [2.05, 4.69) is 5.32 Å². The quantitative estimate of drug-likeness (QED) is 0.835. The van der Waals surface area contributed by atoms with Crippen LogP contribution in [0.15, 0.2) is 12.1 Å². The monoisotopic (exact) mass is 292 g/mol. The number of hydrogen-bond acceptors (Lipinski definition) is 4. The molecule has 1 aliphatic heterocycles. The molecule has 0 saturated carbocycles. The van der Waals surface area contributed by atoms with Crippen LogP contribution in [0.2, 0.25) is 0 Å². The van der Waals surface area contributed by atoms with E-state index in [0.717, 1.165) is 29.0 Å². The number of nitrogens with one attached hydrogen (secondary N) is 1. The maximum atomic E-state index is 11.8. The first-order valence-corrected chi connectivity index (χ1v) is 7.48. The third kappa shape index (κ3) is 3.67. The first kappa shape index (κ1) is 15.6. The van der Waals surface area contributed by atoms with Gasteiger partial charge in [-0.05, 0) is 26.0 Å². The van der Waals surface area contributed by atoms with Crippen molar-refractivity contribution in [3.63, 3.8) is 0 Å². The second kappa shape index (κ2) is 6.80. The van der Waals surface area contributed by atoms with Crippen molar-refractivity contribution in [1.29, 1.82) is 0 Å². The van der Waals surface area contributed by atoms with Crippen molar-refractivity contribution in [3.05, 3.63) is 23.3 Å². The molecular weight excluding hydrogens is 268 g/mol. The van der Waals surface area contributed by atoms with Crippen LogP contribution < -0.4 is 20.5 Å². The summed E-state index contributed by atoms with van der Waals surface area (Å²) < 4.78 is 11.5. The van der Waals surface area contributed by atoms with Crippen molar-refractivity contribution in [2.24, 2.45) is 11.7 Å². The average molecular weight is 292 g/mol. The van der Waals surface area contributed by atoms with Gasteiger partial charge >= 0.3 is 0 Å². The summed E-state index contributed by atoms with van der Waals surface area (Å²) in [6, 6.07) is 3.99. The summed E-state index contributed by atoms with van der Waals surface area (Å²) in [6.07, 6.45) is 1.09. The number of benzene rings is 1. The zero-order chi connectivity index (χ0) is 15.4. The average Bonchev–Trinajstić information content (AvgIpc) is 2.82. The van der Waals surface area contributed by atoms with Crippen molar-refractivity contribution >= 4 is 5.91 Å². The van der Waals surface area contributed by atoms with Crippen molar-refractivity contribution in [2.45, 2.75) is 39.8 Å². The number of nitrogens with two attached hydrogens (primary N) is 1. The summed E-state index contributed by atoms with van der Waals surface area (Å²) in [5.41, 5.74) is 7.60. The molecule has 5 heteroatoms. The van der Waals surface area contributed by atoms with E-state index in [4.69, 9.17) is 15.2 Å². The summed E-state index contributed by atoms with van der Waals surface area (Å²) in [6.45, 7) is 7.16.